The Morgan fingerprint density at radius 2 is 2.10 bits per heavy atom. The van der Waals surface area contributed by atoms with Crippen molar-refractivity contribution in [2.75, 3.05) is 6.26 Å². The van der Waals surface area contributed by atoms with Crippen molar-refractivity contribution in [3.8, 4) is 0 Å². The van der Waals surface area contributed by atoms with Crippen LogP contribution < -0.4 is 5.32 Å². The first-order valence-electron chi connectivity index (χ1n) is 6.63. The first-order chi connectivity index (χ1) is 9.26. The van der Waals surface area contributed by atoms with E-state index in [1.54, 1.807) is 0 Å². The standard InChI is InChI=1S/C13H23N3O3S/c1-7-8(2)9(10-15-16-12(18-10)20-6)14-11(17)19-13(3,4)5/h8-9H,7H2,1-6H3,(H,14,17). The van der Waals surface area contributed by atoms with Gasteiger partial charge in [0.1, 0.15) is 11.6 Å². The number of carbonyl (C=O) groups is 1. The Bertz CT molecular complexity index is 442. The molecule has 0 spiro atoms. The fourth-order valence-electron chi connectivity index (χ4n) is 1.55. The molecule has 1 aromatic heterocycles. The summed E-state index contributed by atoms with van der Waals surface area (Å²) in [4.78, 5) is 11.9. The summed E-state index contributed by atoms with van der Waals surface area (Å²) in [5, 5.41) is 11.2. The van der Waals surface area contributed by atoms with Crippen LogP contribution in [0.3, 0.4) is 0 Å². The summed E-state index contributed by atoms with van der Waals surface area (Å²) in [6.45, 7) is 9.53. The number of hydrogen-bond donors (Lipinski definition) is 1. The van der Waals surface area contributed by atoms with Gasteiger partial charge in [0.25, 0.3) is 5.22 Å². The molecule has 0 aliphatic rings. The Morgan fingerprint density at radius 1 is 1.45 bits per heavy atom. The molecule has 0 saturated heterocycles. The Morgan fingerprint density at radius 3 is 2.55 bits per heavy atom. The van der Waals surface area contributed by atoms with Gasteiger partial charge in [0, 0.05) is 0 Å². The van der Waals surface area contributed by atoms with Gasteiger partial charge in [-0.25, -0.2) is 4.79 Å². The number of nitrogens with zero attached hydrogens (tertiary/aromatic N) is 2. The quantitative estimate of drug-likeness (QED) is 0.840. The second-order valence-electron chi connectivity index (χ2n) is 5.62. The van der Waals surface area contributed by atoms with Gasteiger partial charge in [-0.15, -0.1) is 10.2 Å². The lowest BCUT2D eigenvalue weighted by Crippen LogP contribution is -2.37. The van der Waals surface area contributed by atoms with E-state index in [1.165, 1.54) is 11.8 Å². The maximum absolute atomic E-state index is 11.9. The molecule has 0 aliphatic carbocycles. The molecule has 1 aromatic rings. The van der Waals surface area contributed by atoms with E-state index in [9.17, 15) is 4.79 Å². The highest BCUT2D eigenvalue weighted by molar-refractivity contribution is 7.98. The maximum Gasteiger partial charge on any atom is 0.408 e. The molecule has 0 radical (unpaired) electrons. The van der Waals surface area contributed by atoms with Gasteiger partial charge < -0.3 is 14.5 Å². The van der Waals surface area contributed by atoms with E-state index in [0.717, 1.165) is 6.42 Å². The predicted molar refractivity (Wildman–Crippen MR) is 77.6 cm³/mol. The molecule has 1 N–H and O–H groups in total. The molecule has 114 valence electrons. The van der Waals surface area contributed by atoms with E-state index in [0.29, 0.717) is 11.1 Å². The SMILES string of the molecule is CCC(C)C(NC(=O)OC(C)(C)C)c1nnc(SC)o1. The number of nitrogens with one attached hydrogen (secondary N) is 1. The first kappa shape index (κ1) is 16.8. The highest BCUT2D eigenvalue weighted by atomic mass is 32.2. The third kappa shape index (κ3) is 5.03. The number of amides is 1. The predicted octanol–water partition coefficient (Wildman–Crippen LogP) is 3.40. The average Bonchev–Trinajstić information content (AvgIpc) is 2.81. The molecule has 6 nitrogen and oxygen atoms in total. The minimum Gasteiger partial charge on any atom is -0.444 e. The van der Waals surface area contributed by atoms with E-state index >= 15 is 0 Å². The lowest BCUT2D eigenvalue weighted by molar-refractivity contribution is 0.0474. The molecule has 1 heterocycles. The van der Waals surface area contributed by atoms with Gasteiger partial charge in [-0.3, -0.25) is 0 Å². The van der Waals surface area contributed by atoms with Crippen LogP contribution in [0.15, 0.2) is 9.64 Å². The minimum absolute atomic E-state index is 0.165. The van der Waals surface area contributed by atoms with Crippen LogP contribution in [0.25, 0.3) is 0 Å². The van der Waals surface area contributed by atoms with Gasteiger partial charge >= 0.3 is 6.09 Å². The number of aromatic nitrogens is 2. The van der Waals surface area contributed by atoms with Crippen LogP contribution in [0.4, 0.5) is 4.79 Å². The Labute approximate surface area is 124 Å². The number of ether oxygens (including phenoxy) is 1. The van der Waals surface area contributed by atoms with Crippen LogP contribution in [0, 0.1) is 5.92 Å². The van der Waals surface area contributed by atoms with Crippen molar-refractivity contribution in [2.24, 2.45) is 5.92 Å². The third-order valence-corrected chi connectivity index (χ3v) is 3.26. The summed E-state index contributed by atoms with van der Waals surface area (Å²) >= 11 is 1.37. The number of alkyl carbamates (subject to hydrolysis) is 1. The van der Waals surface area contributed by atoms with Gasteiger partial charge in [-0.1, -0.05) is 32.0 Å². The summed E-state index contributed by atoms with van der Waals surface area (Å²) in [5.74, 6) is 0.576. The van der Waals surface area contributed by atoms with Crippen molar-refractivity contribution in [3.05, 3.63) is 5.89 Å². The topological polar surface area (TPSA) is 77.2 Å². The average molecular weight is 301 g/mol. The number of hydrogen-bond acceptors (Lipinski definition) is 6. The highest BCUT2D eigenvalue weighted by Crippen LogP contribution is 2.26. The fraction of sp³-hybridized carbons (Fsp3) is 0.769. The molecule has 2 unspecified atom stereocenters. The Balaban J connectivity index is 2.82. The van der Waals surface area contributed by atoms with Gasteiger partial charge in [0.15, 0.2) is 0 Å². The van der Waals surface area contributed by atoms with Crippen molar-refractivity contribution >= 4 is 17.9 Å². The van der Waals surface area contributed by atoms with Crippen LogP contribution in [0.1, 0.15) is 53.0 Å². The summed E-state index contributed by atoms with van der Waals surface area (Å²) < 4.78 is 10.8. The van der Waals surface area contributed by atoms with Crippen LogP contribution in [-0.4, -0.2) is 28.1 Å². The fourth-order valence-corrected chi connectivity index (χ4v) is 1.84. The zero-order chi connectivity index (χ0) is 15.3. The molecule has 0 saturated carbocycles. The largest absolute Gasteiger partial charge is 0.444 e. The van der Waals surface area contributed by atoms with E-state index in [1.807, 2.05) is 40.9 Å². The van der Waals surface area contributed by atoms with E-state index in [2.05, 4.69) is 15.5 Å². The third-order valence-electron chi connectivity index (χ3n) is 2.75. The molecular formula is C13H23N3O3S. The maximum atomic E-state index is 11.9. The number of thioether (sulfide) groups is 1. The Hall–Kier alpha value is -1.24. The number of carbonyl (C=O) groups excluding carboxylic acids is 1. The van der Waals surface area contributed by atoms with Gasteiger partial charge in [0.05, 0.1) is 0 Å². The molecule has 20 heavy (non-hydrogen) atoms. The second-order valence-corrected chi connectivity index (χ2v) is 6.38. The minimum atomic E-state index is -0.538. The van der Waals surface area contributed by atoms with Crippen LogP contribution in [0.5, 0.6) is 0 Å². The van der Waals surface area contributed by atoms with Crippen molar-refractivity contribution in [1.82, 2.24) is 15.5 Å². The van der Waals surface area contributed by atoms with Crippen molar-refractivity contribution < 1.29 is 13.9 Å². The Kier molecular flexibility index (Phi) is 5.86. The summed E-state index contributed by atoms with van der Waals surface area (Å²) in [6, 6.07) is -0.344. The lowest BCUT2D eigenvalue weighted by Gasteiger charge is -2.24. The van der Waals surface area contributed by atoms with Crippen LogP contribution in [0.2, 0.25) is 0 Å². The molecule has 2 atom stereocenters. The highest BCUT2D eigenvalue weighted by Gasteiger charge is 2.28. The van der Waals surface area contributed by atoms with Crippen molar-refractivity contribution in [1.29, 1.82) is 0 Å². The zero-order valence-corrected chi connectivity index (χ0v) is 13.7. The van der Waals surface area contributed by atoms with Crippen molar-refractivity contribution in [3.63, 3.8) is 0 Å². The van der Waals surface area contributed by atoms with E-state index in [4.69, 9.17) is 9.15 Å². The molecule has 0 fully saturated rings. The zero-order valence-electron chi connectivity index (χ0n) is 12.9. The number of rotatable bonds is 5. The molecule has 0 aliphatic heterocycles. The lowest BCUT2D eigenvalue weighted by atomic mass is 9.99. The molecule has 1 rings (SSSR count). The van der Waals surface area contributed by atoms with Gasteiger partial charge in [-0.2, -0.15) is 0 Å². The summed E-state index contributed by atoms with van der Waals surface area (Å²) in [5.41, 5.74) is -0.538. The molecular weight excluding hydrogens is 278 g/mol. The van der Waals surface area contributed by atoms with Gasteiger partial charge in [0.2, 0.25) is 5.89 Å². The summed E-state index contributed by atoms with van der Waals surface area (Å²) in [7, 11) is 0. The second kappa shape index (κ2) is 6.97. The molecule has 7 heteroatoms. The first-order valence-corrected chi connectivity index (χ1v) is 7.86. The van der Waals surface area contributed by atoms with Crippen LogP contribution in [-0.2, 0) is 4.74 Å². The van der Waals surface area contributed by atoms with E-state index in [-0.39, 0.29) is 12.0 Å². The normalized spacial score (nSPS) is 14.7. The summed E-state index contributed by atoms with van der Waals surface area (Å²) in [6.07, 6.45) is 2.25. The smallest absolute Gasteiger partial charge is 0.408 e. The van der Waals surface area contributed by atoms with Gasteiger partial charge in [-0.05, 0) is 32.9 Å². The van der Waals surface area contributed by atoms with E-state index < -0.39 is 11.7 Å². The monoisotopic (exact) mass is 301 g/mol. The van der Waals surface area contributed by atoms with Crippen molar-refractivity contribution in [2.45, 2.75) is 57.9 Å². The molecule has 1 amide bonds. The van der Waals surface area contributed by atoms with Crippen LogP contribution >= 0.6 is 11.8 Å². The molecule has 0 bridgehead atoms. The molecule has 0 aromatic carbocycles.